The number of methoxy groups -OCH3 is 1. The summed E-state index contributed by atoms with van der Waals surface area (Å²) in [5.41, 5.74) is 3.62. The van der Waals surface area contributed by atoms with Crippen molar-refractivity contribution in [1.82, 2.24) is 15.1 Å². The van der Waals surface area contributed by atoms with Gasteiger partial charge in [0.25, 0.3) is 5.91 Å². The molecule has 1 amide bonds. The predicted molar refractivity (Wildman–Crippen MR) is 105 cm³/mol. The van der Waals surface area contributed by atoms with E-state index in [2.05, 4.69) is 17.1 Å². The van der Waals surface area contributed by atoms with Crippen molar-refractivity contribution in [2.24, 2.45) is 0 Å². The van der Waals surface area contributed by atoms with Crippen molar-refractivity contribution < 1.29 is 13.9 Å². The average molecular weight is 379 g/mol. The highest BCUT2D eigenvalue weighted by Crippen LogP contribution is 2.43. The Kier molecular flexibility index (Phi) is 4.86. The zero-order chi connectivity index (χ0) is 19.7. The summed E-state index contributed by atoms with van der Waals surface area (Å²) in [4.78, 5) is 14.9. The molecule has 144 valence electrons. The second-order valence-corrected chi connectivity index (χ2v) is 6.90. The molecule has 0 saturated heterocycles. The monoisotopic (exact) mass is 379 g/mol. The number of benzene rings is 2. The first kappa shape index (κ1) is 18.2. The summed E-state index contributed by atoms with van der Waals surface area (Å²) in [5, 5.41) is 7.34. The van der Waals surface area contributed by atoms with Crippen LogP contribution in [0.2, 0.25) is 0 Å². The van der Waals surface area contributed by atoms with Gasteiger partial charge >= 0.3 is 0 Å². The van der Waals surface area contributed by atoms with E-state index in [0.717, 1.165) is 35.3 Å². The molecule has 5 nitrogen and oxygen atoms in total. The molecule has 4 rings (SSSR count). The molecule has 1 atom stereocenters. The Balaban J connectivity index is 1.84. The number of hydrogen-bond acceptors (Lipinski definition) is 3. The zero-order valence-corrected chi connectivity index (χ0v) is 15.9. The van der Waals surface area contributed by atoms with Crippen LogP contribution in [0.15, 0.2) is 48.5 Å². The quantitative estimate of drug-likeness (QED) is 0.683. The standard InChI is InChI=1S/C22H22FN3O2/c1-3-4-12-26-21(15-6-5-7-16(23)13-15)18-19(24-25-20(18)22(26)27)14-8-10-17(28-2)11-9-14/h5-11,13,21H,3-4,12H2,1-2H3,(H,24,25). The van der Waals surface area contributed by atoms with Crippen LogP contribution in [0.3, 0.4) is 0 Å². The van der Waals surface area contributed by atoms with E-state index < -0.39 is 0 Å². The van der Waals surface area contributed by atoms with Crippen molar-refractivity contribution in [3.8, 4) is 17.0 Å². The number of hydrogen-bond donors (Lipinski definition) is 1. The van der Waals surface area contributed by atoms with E-state index in [9.17, 15) is 9.18 Å². The zero-order valence-electron chi connectivity index (χ0n) is 15.9. The van der Waals surface area contributed by atoms with Gasteiger partial charge in [-0.05, 0) is 48.4 Å². The summed E-state index contributed by atoms with van der Waals surface area (Å²) in [5.74, 6) is 0.339. The molecule has 0 saturated carbocycles. The lowest BCUT2D eigenvalue weighted by Crippen LogP contribution is -2.30. The molecule has 6 heteroatoms. The van der Waals surface area contributed by atoms with Gasteiger partial charge in [-0.3, -0.25) is 9.89 Å². The van der Waals surface area contributed by atoms with Crippen LogP contribution in [-0.4, -0.2) is 34.7 Å². The summed E-state index contributed by atoms with van der Waals surface area (Å²) in [6.07, 6.45) is 1.85. The van der Waals surface area contributed by atoms with Gasteiger partial charge in [0, 0.05) is 17.7 Å². The van der Waals surface area contributed by atoms with Gasteiger partial charge in [-0.2, -0.15) is 5.10 Å². The Labute approximate surface area is 163 Å². The normalized spacial score (nSPS) is 15.8. The Morgan fingerprint density at radius 1 is 1.21 bits per heavy atom. The number of amides is 1. The molecule has 0 fully saturated rings. The average Bonchev–Trinajstić information content (AvgIpc) is 3.25. The maximum Gasteiger partial charge on any atom is 0.273 e. The van der Waals surface area contributed by atoms with Crippen LogP contribution in [0, 0.1) is 5.82 Å². The van der Waals surface area contributed by atoms with E-state index in [1.54, 1.807) is 13.2 Å². The lowest BCUT2D eigenvalue weighted by Gasteiger charge is -2.26. The van der Waals surface area contributed by atoms with E-state index in [1.165, 1.54) is 12.1 Å². The lowest BCUT2D eigenvalue weighted by atomic mass is 9.96. The van der Waals surface area contributed by atoms with Gasteiger partial charge < -0.3 is 9.64 Å². The van der Waals surface area contributed by atoms with Crippen LogP contribution in [0.1, 0.15) is 47.4 Å². The van der Waals surface area contributed by atoms with Crippen LogP contribution in [0.5, 0.6) is 5.75 Å². The molecule has 0 aliphatic carbocycles. The van der Waals surface area contributed by atoms with Gasteiger partial charge in [0.05, 0.1) is 18.8 Å². The molecule has 2 aromatic carbocycles. The predicted octanol–water partition coefficient (Wildman–Crippen LogP) is 4.57. The summed E-state index contributed by atoms with van der Waals surface area (Å²) in [6, 6.07) is 13.6. The number of nitrogens with one attached hydrogen (secondary N) is 1. The number of H-pyrrole nitrogens is 1. The highest BCUT2D eigenvalue weighted by atomic mass is 19.1. The maximum absolute atomic E-state index is 14.0. The summed E-state index contributed by atoms with van der Waals surface area (Å²) in [7, 11) is 1.62. The minimum Gasteiger partial charge on any atom is -0.497 e. The van der Waals surface area contributed by atoms with Crippen LogP contribution >= 0.6 is 0 Å². The van der Waals surface area contributed by atoms with Crippen molar-refractivity contribution in [1.29, 1.82) is 0 Å². The third kappa shape index (κ3) is 3.05. The highest BCUT2D eigenvalue weighted by Gasteiger charge is 2.41. The SMILES string of the molecule is CCCCN1C(=O)c2[nH]nc(-c3ccc(OC)cc3)c2C1c1cccc(F)c1. The first-order valence-electron chi connectivity index (χ1n) is 9.43. The molecule has 3 aromatic rings. The first-order valence-corrected chi connectivity index (χ1v) is 9.43. The van der Waals surface area contributed by atoms with Crippen LogP contribution in [0.4, 0.5) is 4.39 Å². The Hall–Kier alpha value is -3.15. The maximum atomic E-state index is 14.0. The van der Waals surface area contributed by atoms with Crippen molar-refractivity contribution >= 4 is 5.91 Å². The second kappa shape index (κ2) is 7.46. The fourth-order valence-corrected chi connectivity index (χ4v) is 3.75. The summed E-state index contributed by atoms with van der Waals surface area (Å²) in [6.45, 7) is 2.70. The van der Waals surface area contributed by atoms with E-state index in [4.69, 9.17) is 4.74 Å². The first-order chi connectivity index (χ1) is 13.6. The van der Waals surface area contributed by atoms with Gasteiger partial charge in [0.1, 0.15) is 17.3 Å². The number of aromatic amines is 1. The summed E-state index contributed by atoms with van der Waals surface area (Å²) >= 11 is 0. The van der Waals surface area contributed by atoms with E-state index >= 15 is 0 Å². The van der Waals surface area contributed by atoms with Crippen molar-refractivity contribution in [2.45, 2.75) is 25.8 Å². The molecule has 0 bridgehead atoms. The summed E-state index contributed by atoms with van der Waals surface area (Å²) < 4.78 is 19.2. The number of ether oxygens (including phenoxy) is 1. The van der Waals surface area contributed by atoms with Gasteiger partial charge in [0.2, 0.25) is 0 Å². The fourth-order valence-electron chi connectivity index (χ4n) is 3.75. The Bertz CT molecular complexity index is 997. The Morgan fingerprint density at radius 3 is 2.68 bits per heavy atom. The van der Waals surface area contributed by atoms with E-state index in [0.29, 0.717) is 17.9 Å². The minimum absolute atomic E-state index is 0.0926. The molecule has 2 heterocycles. The molecule has 1 N–H and O–H groups in total. The van der Waals surface area contributed by atoms with Crippen molar-refractivity contribution in [3.63, 3.8) is 0 Å². The molecule has 1 aliphatic rings. The minimum atomic E-state index is -0.361. The van der Waals surface area contributed by atoms with Gasteiger partial charge in [-0.25, -0.2) is 4.39 Å². The van der Waals surface area contributed by atoms with Gasteiger partial charge in [-0.15, -0.1) is 0 Å². The molecule has 0 spiro atoms. The van der Waals surface area contributed by atoms with Crippen molar-refractivity contribution in [3.05, 3.63) is 71.2 Å². The highest BCUT2D eigenvalue weighted by molar-refractivity contribution is 6.00. The molecule has 0 radical (unpaired) electrons. The second-order valence-electron chi connectivity index (χ2n) is 6.90. The third-order valence-corrected chi connectivity index (χ3v) is 5.14. The van der Waals surface area contributed by atoms with E-state index in [-0.39, 0.29) is 17.8 Å². The number of carbonyl (C=O) groups excluding carboxylic acids is 1. The number of aromatic nitrogens is 2. The smallest absolute Gasteiger partial charge is 0.273 e. The molecule has 1 aromatic heterocycles. The number of nitrogens with zero attached hydrogens (tertiary/aromatic N) is 2. The van der Waals surface area contributed by atoms with E-state index in [1.807, 2.05) is 35.2 Å². The molecule has 1 unspecified atom stereocenters. The number of fused-ring (bicyclic) bond motifs is 1. The van der Waals surface area contributed by atoms with Crippen LogP contribution in [0.25, 0.3) is 11.3 Å². The van der Waals surface area contributed by atoms with Crippen LogP contribution < -0.4 is 4.74 Å². The largest absolute Gasteiger partial charge is 0.497 e. The topological polar surface area (TPSA) is 58.2 Å². The molecular formula is C22H22FN3O2. The van der Waals surface area contributed by atoms with Gasteiger partial charge in [-0.1, -0.05) is 25.5 Å². The number of rotatable bonds is 6. The molecular weight excluding hydrogens is 357 g/mol. The number of halogens is 1. The number of carbonyl (C=O) groups is 1. The van der Waals surface area contributed by atoms with Crippen LogP contribution in [-0.2, 0) is 0 Å². The molecule has 1 aliphatic heterocycles. The number of unbranched alkanes of at least 4 members (excludes halogenated alkanes) is 1. The lowest BCUT2D eigenvalue weighted by molar-refractivity contribution is 0.0741. The van der Waals surface area contributed by atoms with Gasteiger partial charge in [0.15, 0.2) is 0 Å². The molecule has 28 heavy (non-hydrogen) atoms. The Morgan fingerprint density at radius 2 is 2.00 bits per heavy atom. The van der Waals surface area contributed by atoms with Crippen molar-refractivity contribution in [2.75, 3.05) is 13.7 Å². The fraction of sp³-hybridized carbons (Fsp3) is 0.273. The third-order valence-electron chi connectivity index (χ3n) is 5.14.